The molecule has 0 spiro atoms. The first-order chi connectivity index (χ1) is 12.7. The molecule has 0 aliphatic rings. The molecule has 0 bridgehead atoms. The van der Waals surface area contributed by atoms with Crippen LogP contribution in [0.1, 0.15) is 12.0 Å². The first-order valence-electron chi connectivity index (χ1n) is 7.96. The number of nitrogens with zero attached hydrogens (tertiary/aromatic N) is 2. The van der Waals surface area contributed by atoms with Crippen LogP contribution in [0.2, 0.25) is 0 Å². The molecule has 1 N–H and O–H groups in total. The second-order valence-electron chi connectivity index (χ2n) is 5.46. The molecule has 0 saturated carbocycles. The molecule has 0 unspecified atom stereocenters. The van der Waals surface area contributed by atoms with Crippen molar-refractivity contribution in [2.75, 3.05) is 19.0 Å². The molecule has 1 aromatic heterocycles. The van der Waals surface area contributed by atoms with Gasteiger partial charge in [0.05, 0.1) is 24.5 Å². The number of hydrogen-bond donors (Lipinski definition) is 1. The zero-order chi connectivity index (χ0) is 18.4. The molecule has 0 aliphatic carbocycles. The quantitative estimate of drug-likeness (QED) is 0.642. The van der Waals surface area contributed by atoms with Crippen LogP contribution in [-0.4, -0.2) is 34.3 Å². The van der Waals surface area contributed by atoms with Crippen LogP contribution in [0.5, 0.6) is 5.75 Å². The Balaban J connectivity index is 1.48. The molecule has 1 heterocycles. The topological polar surface area (TPSA) is 90.4 Å². The van der Waals surface area contributed by atoms with Gasteiger partial charge in [-0.2, -0.15) is 8.75 Å². The van der Waals surface area contributed by atoms with E-state index in [4.69, 9.17) is 9.47 Å². The maximum absolute atomic E-state index is 12.0. The standard InChI is InChI=1S/C18H17N3O4S/c1-24-15-8-3-2-5-12(15)9-10-17(23)25-11-16(22)19-13-6-4-7-14-18(13)21-26-20-14/h2-8H,9-11H2,1H3,(H,19,22). The predicted molar refractivity (Wildman–Crippen MR) is 98.3 cm³/mol. The van der Waals surface area contributed by atoms with E-state index in [0.29, 0.717) is 23.1 Å². The van der Waals surface area contributed by atoms with E-state index in [2.05, 4.69) is 14.1 Å². The number of rotatable bonds is 7. The summed E-state index contributed by atoms with van der Waals surface area (Å²) in [7, 11) is 1.58. The Bertz CT molecular complexity index is 925. The van der Waals surface area contributed by atoms with Crippen LogP contribution < -0.4 is 10.1 Å². The van der Waals surface area contributed by atoms with Gasteiger partial charge >= 0.3 is 5.97 Å². The lowest BCUT2D eigenvalue weighted by Crippen LogP contribution is -2.21. The third-order valence-corrected chi connectivity index (χ3v) is 4.26. The average Bonchev–Trinajstić information content (AvgIpc) is 3.15. The number of para-hydroxylation sites is 1. The SMILES string of the molecule is COc1ccccc1CCC(=O)OCC(=O)Nc1cccc2nsnc12. The van der Waals surface area contributed by atoms with Crippen molar-refractivity contribution in [3.63, 3.8) is 0 Å². The Kier molecular flexibility index (Phi) is 5.75. The van der Waals surface area contributed by atoms with Crippen LogP contribution in [0.15, 0.2) is 42.5 Å². The lowest BCUT2D eigenvalue weighted by Gasteiger charge is -2.09. The predicted octanol–water partition coefficient (Wildman–Crippen LogP) is 2.81. The third-order valence-electron chi connectivity index (χ3n) is 3.72. The minimum absolute atomic E-state index is 0.166. The summed E-state index contributed by atoms with van der Waals surface area (Å²) in [6.45, 7) is -0.349. The van der Waals surface area contributed by atoms with Crippen molar-refractivity contribution in [3.8, 4) is 5.75 Å². The number of ether oxygens (including phenoxy) is 2. The maximum atomic E-state index is 12.0. The molecule has 7 nitrogen and oxygen atoms in total. The summed E-state index contributed by atoms with van der Waals surface area (Å²) < 4.78 is 18.5. The zero-order valence-corrected chi connectivity index (χ0v) is 14.9. The van der Waals surface area contributed by atoms with Crippen LogP contribution in [0.25, 0.3) is 11.0 Å². The van der Waals surface area contributed by atoms with Gasteiger partial charge in [-0.3, -0.25) is 9.59 Å². The van der Waals surface area contributed by atoms with Crippen LogP contribution in [-0.2, 0) is 20.7 Å². The summed E-state index contributed by atoms with van der Waals surface area (Å²) in [5, 5.41) is 2.69. The maximum Gasteiger partial charge on any atom is 0.306 e. The number of anilines is 1. The van der Waals surface area contributed by atoms with Crippen LogP contribution in [0, 0.1) is 0 Å². The lowest BCUT2D eigenvalue weighted by molar-refractivity contribution is -0.147. The Morgan fingerprint density at radius 3 is 2.81 bits per heavy atom. The normalized spacial score (nSPS) is 10.5. The highest BCUT2D eigenvalue weighted by Crippen LogP contribution is 2.21. The fourth-order valence-electron chi connectivity index (χ4n) is 2.46. The summed E-state index contributed by atoms with van der Waals surface area (Å²) in [5.74, 6) is -0.140. The molecular weight excluding hydrogens is 354 g/mol. The molecule has 2 aromatic carbocycles. The number of nitrogens with one attached hydrogen (secondary N) is 1. The van der Waals surface area contributed by atoms with E-state index < -0.39 is 11.9 Å². The van der Waals surface area contributed by atoms with Crippen molar-refractivity contribution in [2.45, 2.75) is 12.8 Å². The van der Waals surface area contributed by atoms with Gasteiger partial charge in [0.2, 0.25) is 0 Å². The van der Waals surface area contributed by atoms with Crippen molar-refractivity contribution in [1.82, 2.24) is 8.75 Å². The number of methoxy groups -OCH3 is 1. The van der Waals surface area contributed by atoms with E-state index in [1.54, 1.807) is 19.2 Å². The highest BCUT2D eigenvalue weighted by Gasteiger charge is 2.12. The van der Waals surface area contributed by atoms with Gasteiger partial charge in [0.1, 0.15) is 16.8 Å². The Morgan fingerprint density at radius 2 is 1.96 bits per heavy atom. The molecule has 8 heteroatoms. The molecule has 1 amide bonds. The monoisotopic (exact) mass is 371 g/mol. The Hall–Kier alpha value is -3.00. The molecule has 0 saturated heterocycles. The van der Waals surface area contributed by atoms with Crippen LogP contribution >= 0.6 is 11.7 Å². The number of carbonyl (C=O) groups is 2. The van der Waals surface area contributed by atoms with Crippen LogP contribution in [0.3, 0.4) is 0 Å². The minimum Gasteiger partial charge on any atom is -0.496 e. The summed E-state index contributed by atoms with van der Waals surface area (Å²) >= 11 is 1.07. The van der Waals surface area contributed by atoms with E-state index in [1.165, 1.54) is 0 Å². The Labute approximate surface area is 154 Å². The fraction of sp³-hybridized carbons (Fsp3) is 0.222. The van der Waals surface area contributed by atoms with Gasteiger partial charge in [-0.15, -0.1) is 0 Å². The van der Waals surface area contributed by atoms with E-state index >= 15 is 0 Å². The Morgan fingerprint density at radius 1 is 1.12 bits per heavy atom. The molecular formula is C18H17N3O4S. The lowest BCUT2D eigenvalue weighted by atomic mass is 10.1. The van der Waals surface area contributed by atoms with E-state index in [1.807, 2.05) is 30.3 Å². The number of amides is 1. The number of esters is 1. The summed E-state index contributed by atoms with van der Waals surface area (Å²) in [5.41, 5.74) is 2.79. The number of carbonyl (C=O) groups excluding carboxylic acids is 2. The molecule has 0 atom stereocenters. The molecule has 26 heavy (non-hydrogen) atoms. The molecule has 3 rings (SSSR count). The second kappa shape index (κ2) is 8.39. The number of aryl methyl sites for hydroxylation is 1. The minimum atomic E-state index is -0.445. The molecule has 0 radical (unpaired) electrons. The first kappa shape index (κ1) is 17.8. The number of hydrogen-bond acceptors (Lipinski definition) is 7. The van der Waals surface area contributed by atoms with Gasteiger partial charge in [-0.1, -0.05) is 24.3 Å². The molecule has 0 aliphatic heterocycles. The van der Waals surface area contributed by atoms with Crippen molar-refractivity contribution in [2.24, 2.45) is 0 Å². The highest BCUT2D eigenvalue weighted by atomic mass is 32.1. The molecule has 134 valence electrons. The van der Waals surface area contributed by atoms with E-state index in [0.717, 1.165) is 23.0 Å². The van der Waals surface area contributed by atoms with Crippen molar-refractivity contribution < 1.29 is 19.1 Å². The van der Waals surface area contributed by atoms with Gasteiger partial charge < -0.3 is 14.8 Å². The number of benzene rings is 2. The zero-order valence-electron chi connectivity index (χ0n) is 14.1. The van der Waals surface area contributed by atoms with Gasteiger partial charge in [0.15, 0.2) is 6.61 Å². The second-order valence-corrected chi connectivity index (χ2v) is 5.99. The summed E-state index contributed by atoms with van der Waals surface area (Å²) in [4.78, 5) is 23.9. The first-order valence-corrected chi connectivity index (χ1v) is 8.69. The van der Waals surface area contributed by atoms with Gasteiger partial charge in [0, 0.05) is 6.42 Å². The van der Waals surface area contributed by atoms with Crippen molar-refractivity contribution in [1.29, 1.82) is 0 Å². The average molecular weight is 371 g/mol. The highest BCUT2D eigenvalue weighted by molar-refractivity contribution is 7.00. The molecule has 3 aromatic rings. The van der Waals surface area contributed by atoms with Crippen LogP contribution in [0.4, 0.5) is 5.69 Å². The number of aromatic nitrogens is 2. The fourth-order valence-corrected chi connectivity index (χ4v) is 3.01. The van der Waals surface area contributed by atoms with E-state index in [-0.39, 0.29) is 13.0 Å². The van der Waals surface area contributed by atoms with Crippen molar-refractivity contribution in [3.05, 3.63) is 48.0 Å². The molecule has 0 fully saturated rings. The van der Waals surface area contributed by atoms with Gasteiger partial charge in [-0.05, 0) is 30.2 Å². The summed E-state index contributed by atoms with van der Waals surface area (Å²) in [6.07, 6.45) is 0.646. The smallest absolute Gasteiger partial charge is 0.306 e. The summed E-state index contributed by atoms with van der Waals surface area (Å²) in [6, 6.07) is 12.8. The third kappa shape index (κ3) is 4.34. The number of fused-ring (bicyclic) bond motifs is 1. The van der Waals surface area contributed by atoms with Gasteiger partial charge in [-0.25, -0.2) is 0 Å². The largest absolute Gasteiger partial charge is 0.496 e. The van der Waals surface area contributed by atoms with Crippen molar-refractivity contribution >= 4 is 40.3 Å². The van der Waals surface area contributed by atoms with E-state index in [9.17, 15) is 9.59 Å². The van der Waals surface area contributed by atoms with Gasteiger partial charge in [0.25, 0.3) is 5.91 Å².